The van der Waals surface area contributed by atoms with Gasteiger partial charge in [-0.3, -0.25) is 14.6 Å². The first-order chi connectivity index (χ1) is 20.4. The number of carbonyl (C=O) groups excluding carboxylic acids is 2. The number of anilines is 1. The van der Waals surface area contributed by atoms with E-state index in [2.05, 4.69) is 10.6 Å². The van der Waals surface area contributed by atoms with E-state index in [1.807, 2.05) is 60.7 Å². The molecule has 43 heavy (non-hydrogen) atoms. The SMILES string of the molecule is CC(C)(C(=O)NC1CCC(CC(=O)Nc2cnc(-c3ccc(C4(N)COC4)cc3)c(-c3ccccc3)c2)CC1)C(F)(F)F. The summed E-state index contributed by atoms with van der Waals surface area (Å²) < 4.78 is 44.9. The number of nitrogens with one attached hydrogen (secondary N) is 2. The van der Waals surface area contributed by atoms with Gasteiger partial charge in [-0.2, -0.15) is 13.2 Å². The molecule has 1 aliphatic carbocycles. The van der Waals surface area contributed by atoms with Crippen LogP contribution in [0.3, 0.4) is 0 Å². The van der Waals surface area contributed by atoms with Crippen molar-refractivity contribution in [3.8, 4) is 22.4 Å². The Kier molecular flexibility index (Phi) is 8.63. The number of nitrogens with zero attached hydrogens (tertiary/aromatic N) is 1. The number of rotatable bonds is 8. The highest BCUT2D eigenvalue weighted by atomic mass is 19.4. The average molecular weight is 595 g/mol. The quantitative estimate of drug-likeness (QED) is 0.288. The van der Waals surface area contributed by atoms with Crippen molar-refractivity contribution >= 4 is 17.5 Å². The van der Waals surface area contributed by atoms with Crippen molar-refractivity contribution in [2.45, 2.75) is 63.7 Å². The predicted octanol–water partition coefficient (Wildman–Crippen LogP) is 6.19. The minimum Gasteiger partial charge on any atom is -0.377 e. The highest BCUT2D eigenvalue weighted by Crippen LogP contribution is 2.39. The molecule has 2 amide bonds. The first-order valence-electron chi connectivity index (χ1n) is 14.6. The maximum absolute atomic E-state index is 13.2. The molecule has 0 bridgehead atoms. The Morgan fingerprint density at radius 2 is 1.63 bits per heavy atom. The van der Waals surface area contributed by atoms with Crippen LogP contribution in [-0.2, 0) is 19.9 Å². The molecule has 0 radical (unpaired) electrons. The van der Waals surface area contributed by atoms with Crippen LogP contribution in [0.15, 0.2) is 66.9 Å². The maximum Gasteiger partial charge on any atom is 0.402 e. The summed E-state index contributed by atoms with van der Waals surface area (Å²) in [6, 6.07) is 19.4. The van der Waals surface area contributed by atoms with Crippen LogP contribution >= 0.6 is 0 Å². The van der Waals surface area contributed by atoms with Crippen molar-refractivity contribution in [3.05, 3.63) is 72.4 Å². The van der Waals surface area contributed by atoms with Gasteiger partial charge in [0.15, 0.2) is 0 Å². The predicted molar refractivity (Wildman–Crippen MR) is 159 cm³/mol. The molecule has 228 valence electrons. The van der Waals surface area contributed by atoms with Gasteiger partial charge in [0.25, 0.3) is 0 Å². The van der Waals surface area contributed by atoms with Crippen molar-refractivity contribution in [2.75, 3.05) is 18.5 Å². The number of aromatic nitrogens is 1. The zero-order chi connectivity index (χ0) is 30.8. The first kappa shape index (κ1) is 30.7. The van der Waals surface area contributed by atoms with Gasteiger partial charge in [0.2, 0.25) is 11.8 Å². The van der Waals surface area contributed by atoms with Gasteiger partial charge in [-0.05, 0) is 62.6 Å². The second-order valence-electron chi connectivity index (χ2n) is 12.3. The molecule has 5 rings (SSSR count). The molecule has 0 spiro atoms. The lowest BCUT2D eigenvalue weighted by Crippen LogP contribution is -2.54. The van der Waals surface area contributed by atoms with E-state index in [4.69, 9.17) is 15.5 Å². The molecule has 1 aliphatic heterocycles. The van der Waals surface area contributed by atoms with E-state index in [1.54, 1.807) is 6.20 Å². The summed E-state index contributed by atoms with van der Waals surface area (Å²) in [4.78, 5) is 30.0. The second-order valence-corrected chi connectivity index (χ2v) is 12.3. The van der Waals surface area contributed by atoms with Crippen LogP contribution in [0.1, 0.15) is 51.5 Å². The van der Waals surface area contributed by atoms with E-state index in [-0.39, 0.29) is 24.3 Å². The summed E-state index contributed by atoms with van der Waals surface area (Å²) in [5.41, 5.74) is 8.60. The summed E-state index contributed by atoms with van der Waals surface area (Å²) in [6.07, 6.45) is -0.349. The second kappa shape index (κ2) is 12.1. The molecule has 2 aromatic carbocycles. The lowest BCUT2D eigenvalue weighted by molar-refractivity contribution is -0.211. The zero-order valence-electron chi connectivity index (χ0n) is 24.3. The maximum atomic E-state index is 13.2. The molecule has 1 saturated carbocycles. The normalized spacial score (nSPS) is 20.1. The first-order valence-corrected chi connectivity index (χ1v) is 14.6. The Balaban J connectivity index is 1.22. The van der Waals surface area contributed by atoms with E-state index in [0.29, 0.717) is 44.6 Å². The summed E-state index contributed by atoms with van der Waals surface area (Å²) >= 11 is 0. The Morgan fingerprint density at radius 1 is 0.977 bits per heavy atom. The number of amides is 2. The number of hydrogen-bond acceptors (Lipinski definition) is 5. The smallest absolute Gasteiger partial charge is 0.377 e. The van der Waals surface area contributed by atoms with E-state index >= 15 is 0 Å². The molecule has 7 nitrogen and oxygen atoms in total. The molecular formula is C33H37F3N4O3. The molecule has 1 aromatic heterocycles. The fourth-order valence-electron chi connectivity index (χ4n) is 5.53. The topological polar surface area (TPSA) is 106 Å². The zero-order valence-corrected chi connectivity index (χ0v) is 24.3. The van der Waals surface area contributed by atoms with Crippen molar-refractivity contribution in [1.82, 2.24) is 10.3 Å². The third kappa shape index (κ3) is 6.75. The van der Waals surface area contributed by atoms with Gasteiger partial charge in [-0.15, -0.1) is 0 Å². The molecule has 4 N–H and O–H groups in total. The number of benzene rings is 2. The number of alkyl halides is 3. The van der Waals surface area contributed by atoms with E-state index in [1.165, 1.54) is 0 Å². The van der Waals surface area contributed by atoms with Gasteiger partial charge in [-0.25, -0.2) is 0 Å². The molecule has 0 unspecified atom stereocenters. The number of hydrogen-bond donors (Lipinski definition) is 3. The lowest BCUT2D eigenvalue weighted by atomic mass is 9.83. The minimum atomic E-state index is -4.62. The standard InChI is InChI=1S/C33H37F3N4O3/c1-31(2,33(34,35)36)30(42)40-25-14-8-21(9-15-25)16-28(41)39-26-17-27(22-6-4-3-5-7-22)29(38-18-26)23-10-12-24(13-11-23)32(37)19-43-20-32/h3-7,10-13,17-18,21,25H,8-9,14-16,19-20,37H2,1-2H3,(H,39,41)(H,40,42). The number of nitrogens with two attached hydrogens (primary N) is 1. The highest BCUT2D eigenvalue weighted by molar-refractivity contribution is 5.93. The van der Waals surface area contributed by atoms with E-state index in [0.717, 1.165) is 41.8 Å². The van der Waals surface area contributed by atoms with Crippen LogP contribution in [0.4, 0.5) is 18.9 Å². The molecular weight excluding hydrogens is 557 g/mol. The van der Waals surface area contributed by atoms with Crippen LogP contribution in [0, 0.1) is 11.3 Å². The lowest BCUT2D eigenvalue weighted by Gasteiger charge is -2.38. The minimum absolute atomic E-state index is 0.0787. The number of halogens is 3. The fraction of sp³-hybridized carbons (Fsp3) is 0.424. The van der Waals surface area contributed by atoms with Gasteiger partial charge < -0.3 is 21.1 Å². The van der Waals surface area contributed by atoms with Crippen LogP contribution < -0.4 is 16.4 Å². The van der Waals surface area contributed by atoms with Gasteiger partial charge in [0.1, 0.15) is 5.41 Å². The van der Waals surface area contributed by atoms with Gasteiger partial charge in [0, 0.05) is 23.6 Å². The Bertz CT molecular complexity index is 1450. The Labute approximate surface area is 249 Å². The number of pyridine rings is 1. The molecule has 1 saturated heterocycles. The largest absolute Gasteiger partial charge is 0.402 e. The molecule has 2 fully saturated rings. The number of ether oxygens (including phenoxy) is 1. The van der Waals surface area contributed by atoms with Gasteiger partial charge >= 0.3 is 6.18 Å². The monoisotopic (exact) mass is 594 g/mol. The van der Waals surface area contributed by atoms with Gasteiger partial charge in [-0.1, -0.05) is 54.6 Å². The third-order valence-corrected chi connectivity index (χ3v) is 8.64. The Hall–Kier alpha value is -3.76. The van der Waals surface area contributed by atoms with Crippen LogP contribution in [0.25, 0.3) is 22.4 Å². The molecule has 2 heterocycles. The number of carbonyl (C=O) groups is 2. The summed E-state index contributed by atoms with van der Waals surface area (Å²) in [5, 5.41) is 5.53. The van der Waals surface area contributed by atoms with Crippen LogP contribution in [0.5, 0.6) is 0 Å². The van der Waals surface area contributed by atoms with Crippen molar-refractivity contribution < 1.29 is 27.5 Å². The van der Waals surface area contributed by atoms with Crippen LogP contribution in [0.2, 0.25) is 0 Å². The summed E-state index contributed by atoms with van der Waals surface area (Å²) in [6.45, 7) is 2.76. The van der Waals surface area contributed by atoms with Crippen molar-refractivity contribution in [1.29, 1.82) is 0 Å². The molecule has 2 aliphatic rings. The van der Waals surface area contributed by atoms with Gasteiger partial charge in [0.05, 0.1) is 36.3 Å². The molecule has 3 aromatic rings. The van der Waals surface area contributed by atoms with Crippen LogP contribution in [-0.4, -0.2) is 42.2 Å². The average Bonchev–Trinajstić information content (AvgIpc) is 2.97. The van der Waals surface area contributed by atoms with E-state index < -0.39 is 23.0 Å². The van der Waals surface area contributed by atoms with Crippen molar-refractivity contribution in [3.63, 3.8) is 0 Å². The summed E-state index contributed by atoms with van der Waals surface area (Å²) in [5.74, 6) is -1.09. The highest BCUT2D eigenvalue weighted by Gasteiger charge is 2.53. The van der Waals surface area contributed by atoms with Crippen molar-refractivity contribution in [2.24, 2.45) is 17.1 Å². The molecule has 0 atom stereocenters. The fourth-order valence-corrected chi connectivity index (χ4v) is 5.53. The third-order valence-electron chi connectivity index (χ3n) is 8.64. The molecule has 10 heteroatoms. The van der Waals surface area contributed by atoms with E-state index in [9.17, 15) is 22.8 Å². The Morgan fingerprint density at radius 3 is 2.21 bits per heavy atom. The summed E-state index contributed by atoms with van der Waals surface area (Å²) in [7, 11) is 0.